The van der Waals surface area contributed by atoms with Gasteiger partial charge < -0.3 is 4.90 Å². The molecule has 1 aromatic carbocycles. The fourth-order valence-electron chi connectivity index (χ4n) is 2.03. The summed E-state index contributed by atoms with van der Waals surface area (Å²) >= 11 is 0. The summed E-state index contributed by atoms with van der Waals surface area (Å²) in [6.07, 6.45) is -9.01. The van der Waals surface area contributed by atoms with Crippen molar-refractivity contribution in [2.24, 2.45) is 0 Å². The van der Waals surface area contributed by atoms with Crippen LogP contribution >= 0.6 is 0 Å². The fraction of sp³-hybridized carbons (Fsp3) is 0.286. The van der Waals surface area contributed by atoms with E-state index in [1.807, 2.05) is 0 Å². The van der Waals surface area contributed by atoms with Gasteiger partial charge in [-0.3, -0.25) is 4.79 Å². The van der Waals surface area contributed by atoms with Gasteiger partial charge in [-0.15, -0.1) is 0 Å². The Labute approximate surface area is 132 Å². The number of carbonyl (C=O) groups excluding carboxylic acids is 1. The minimum absolute atomic E-state index is 0.284. The van der Waals surface area contributed by atoms with Crippen LogP contribution in [0.5, 0.6) is 0 Å². The molecule has 1 heterocycles. The Morgan fingerprint density at radius 1 is 1.08 bits per heavy atom. The summed E-state index contributed by atoms with van der Waals surface area (Å²) in [7, 11) is 2.51. The third-order valence-electron chi connectivity index (χ3n) is 3.09. The number of benzene rings is 1. The van der Waals surface area contributed by atoms with Crippen LogP contribution in [0.15, 0.2) is 30.5 Å². The van der Waals surface area contributed by atoms with Crippen molar-refractivity contribution in [1.29, 1.82) is 0 Å². The molecule has 0 spiro atoms. The Morgan fingerprint density at radius 3 is 2.21 bits per heavy atom. The van der Waals surface area contributed by atoms with E-state index in [-0.39, 0.29) is 4.68 Å². The lowest BCUT2D eigenvalue weighted by atomic mass is 10.1. The van der Waals surface area contributed by atoms with Gasteiger partial charge in [0.25, 0.3) is 5.91 Å². The summed E-state index contributed by atoms with van der Waals surface area (Å²) in [4.78, 5) is 12.8. The van der Waals surface area contributed by atoms with E-state index in [4.69, 9.17) is 0 Å². The van der Waals surface area contributed by atoms with E-state index >= 15 is 0 Å². The minimum Gasteiger partial charge on any atom is -0.345 e. The standard InChI is InChI=1S/C14H11F6N3O/c1-22(2)12(24)10-7-21-23(11(10)14(18,19)20)9-5-3-4-8(6-9)13(15,16)17/h3-7H,1-2H3. The van der Waals surface area contributed by atoms with Gasteiger partial charge in [0.05, 0.1) is 23.0 Å². The van der Waals surface area contributed by atoms with E-state index in [1.165, 1.54) is 14.1 Å². The van der Waals surface area contributed by atoms with Crippen LogP contribution in [0.4, 0.5) is 26.3 Å². The van der Waals surface area contributed by atoms with Gasteiger partial charge in [0, 0.05) is 14.1 Å². The Morgan fingerprint density at radius 2 is 1.71 bits per heavy atom. The van der Waals surface area contributed by atoms with Gasteiger partial charge in [0.15, 0.2) is 5.69 Å². The molecule has 0 saturated carbocycles. The molecule has 1 amide bonds. The zero-order valence-electron chi connectivity index (χ0n) is 12.4. The van der Waals surface area contributed by atoms with Crippen LogP contribution < -0.4 is 0 Å². The molecule has 24 heavy (non-hydrogen) atoms. The van der Waals surface area contributed by atoms with Gasteiger partial charge in [0.1, 0.15) is 0 Å². The SMILES string of the molecule is CN(C)C(=O)c1cnn(-c2cccc(C(F)(F)F)c2)c1C(F)(F)F. The Bertz CT molecular complexity index is 761. The number of alkyl halides is 6. The highest BCUT2D eigenvalue weighted by atomic mass is 19.4. The third kappa shape index (κ3) is 3.36. The lowest BCUT2D eigenvalue weighted by Gasteiger charge is -2.15. The predicted octanol–water partition coefficient (Wildman–Crippen LogP) is 3.61. The van der Waals surface area contributed by atoms with Crippen molar-refractivity contribution in [3.8, 4) is 5.69 Å². The van der Waals surface area contributed by atoms with Gasteiger partial charge in [-0.05, 0) is 18.2 Å². The van der Waals surface area contributed by atoms with Crippen molar-refractivity contribution in [2.75, 3.05) is 14.1 Å². The molecular formula is C14H11F6N3O. The van der Waals surface area contributed by atoms with E-state index in [0.717, 1.165) is 23.1 Å². The fourth-order valence-corrected chi connectivity index (χ4v) is 2.03. The highest BCUT2D eigenvalue weighted by molar-refractivity contribution is 5.95. The van der Waals surface area contributed by atoms with Gasteiger partial charge in [-0.2, -0.15) is 31.4 Å². The van der Waals surface area contributed by atoms with Crippen molar-refractivity contribution in [3.63, 3.8) is 0 Å². The van der Waals surface area contributed by atoms with Crippen molar-refractivity contribution in [3.05, 3.63) is 47.3 Å². The number of halogens is 6. The van der Waals surface area contributed by atoms with E-state index in [9.17, 15) is 31.1 Å². The number of carbonyl (C=O) groups is 1. The third-order valence-corrected chi connectivity index (χ3v) is 3.09. The van der Waals surface area contributed by atoms with Crippen LogP contribution in [0.25, 0.3) is 5.69 Å². The molecule has 0 atom stereocenters. The first-order valence-corrected chi connectivity index (χ1v) is 6.47. The number of aromatic nitrogens is 2. The summed E-state index contributed by atoms with van der Waals surface area (Å²) in [6.45, 7) is 0. The second-order valence-corrected chi connectivity index (χ2v) is 5.06. The maximum atomic E-state index is 13.3. The largest absolute Gasteiger partial charge is 0.434 e. The molecule has 0 N–H and O–H groups in total. The first kappa shape index (κ1) is 17.8. The van der Waals surface area contributed by atoms with Crippen LogP contribution in [-0.4, -0.2) is 34.7 Å². The lowest BCUT2D eigenvalue weighted by molar-refractivity contribution is -0.143. The second kappa shape index (κ2) is 5.84. The Hall–Kier alpha value is -2.52. The molecule has 0 saturated heterocycles. The summed E-state index contributed by atoms with van der Waals surface area (Å²) in [5.41, 5.74) is -3.75. The molecule has 0 fully saturated rings. The van der Waals surface area contributed by atoms with Crippen LogP contribution in [0.1, 0.15) is 21.6 Å². The van der Waals surface area contributed by atoms with E-state index in [2.05, 4.69) is 5.10 Å². The summed E-state index contributed by atoms with van der Waals surface area (Å²) in [5.74, 6) is -0.958. The van der Waals surface area contributed by atoms with Gasteiger partial charge in [-0.1, -0.05) is 6.07 Å². The van der Waals surface area contributed by atoms with Gasteiger partial charge in [0.2, 0.25) is 0 Å². The van der Waals surface area contributed by atoms with Crippen molar-refractivity contribution in [1.82, 2.24) is 14.7 Å². The Kier molecular flexibility index (Phi) is 4.34. The molecule has 10 heteroatoms. The first-order valence-electron chi connectivity index (χ1n) is 6.47. The van der Waals surface area contributed by atoms with E-state index < -0.39 is 40.8 Å². The first-order chi connectivity index (χ1) is 10.9. The normalized spacial score (nSPS) is 12.3. The molecule has 130 valence electrons. The summed E-state index contributed by atoms with van der Waals surface area (Å²) in [5, 5.41) is 3.46. The molecule has 2 aromatic rings. The maximum absolute atomic E-state index is 13.3. The molecule has 4 nitrogen and oxygen atoms in total. The summed E-state index contributed by atoms with van der Waals surface area (Å²) in [6, 6.07) is 3.27. The maximum Gasteiger partial charge on any atom is 0.434 e. The number of nitrogens with zero attached hydrogens (tertiary/aromatic N) is 3. The van der Waals surface area contributed by atoms with Crippen molar-refractivity contribution < 1.29 is 31.1 Å². The number of hydrogen-bond donors (Lipinski definition) is 0. The second-order valence-electron chi connectivity index (χ2n) is 5.06. The average molecular weight is 351 g/mol. The number of amides is 1. The minimum atomic E-state index is -4.98. The number of hydrogen-bond acceptors (Lipinski definition) is 2. The molecule has 0 aliphatic carbocycles. The average Bonchev–Trinajstić information content (AvgIpc) is 2.90. The van der Waals surface area contributed by atoms with E-state index in [1.54, 1.807) is 0 Å². The van der Waals surface area contributed by atoms with Crippen LogP contribution in [0, 0.1) is 0 Å². The molecule has 0 unspecified atom stereocenters. The van der Waals surface area contributed by atoms with Crippen LogP contribution in [-0.2, 0) is 12.4 Å². The molecule has 0 radical (unpaired) electrons. The molecule has 0 aliphatic heterocycles. The predicted molar refractivity (Wildman–Crippen MR) is 71.6 cm³/mol. The Balaban J connectivity index is 2.66. The lowest BCUT2D eigenvalue weighted by Crippen LogP contribution is -2.25. The molecule has 0 bridgehead atoms. The quantitative estimate of drug-likeness (QED) is 0.776. The highest BCUT2D eigenvalue weighted by Gasteiger charge is 2.41. The molecular weight excluding hydrogens is 340 g/mol. The van der Waals surface area contributed by atoms with Crippen LogP contribution in [0.2, 0.25) is 0 Å². The molecule has 0 aliphatic rings. The molecule has 1 aromatic heterocycles. The van der Waals surface area contributed by atoms with Gasteiger partial charge in [-0.25, -0.2) is 4.68 Å². The highest BCUT2D eigenvalue weighted by Crippen LogP contribution is 2.35. The monoisotopic (exact) mass is 351 g/mol. The summed E-state index contributed by atoms with van der Waals surface area (Å²) < 4.78 is 78.5. The van der Waals surface area contributed by atoms with Crippen molar-refractivity contribution >= 4 is 5.91 Å². The van der Waals surface area contributed by atoms with Crippen LogP contribution in [0.3, 0.4) is 0 Å². The number of rotatable bonds is 2. The smallest absolute Gasteiger partial charge is 0.345 e. The van der Waals surface area contributed by atoms with Gasteiger partial charge >= 0.3 is 12.4 Å². The topological polar surface area (TPSA) is 38.1 Å². The van der Waals surface area contributed by atoms with E-state index in [0.29, 0.717) is 12.3 Å². The zero-order valence-corrected chi connectivity index (χ0v) is 12.4. The van der Waals surface area contributed by atoms with Crippen molar-refractivity contribution in [2.45, 2.75) is 12.4 Å². The zero-order chi connectivity index (χ0) is 18.3. The molecule has 2 rings (SSSR count).